The number of hydrogen-bond acceptors (Lipinski definition) is 5. The quantitative estimate of drug-likeness (QED) is 0.783. The Bertz CT molecular complexity index is 718. The fourth-order valence-corrected chi connectivity index (χ4v) is 2.83. The molecule has 2 aromatic rings. The lowest BCUT2D eigenvalue weighted by Gasteiger charge is -2.28. The maximum Gasteiger partial charge on any atom is 0.274 e. The van der Waals surface area contributed by atoms with Crippen LogP contribution < -0.4 is 0 Å². The van der Waals surface area contributed by atoms with E-state index in [-0.39, 0.29) is 23.9 Å². The first-order valence-electron chi connectivity index (χ1n) is 8.69. The summed E-state index contributed by atoms with van der Waals surface area (Å²) in [4.78, 5) is 36.7. The first-order chi connectivity index (χ1) is 12.7. The second-order valence-electron chi connectivity index (χ2n) is 6.05. The van der Waals surface area contributed by atoms with Crippen molar-refractivity contribution < 1.29 is 14.3 Å². The summed E-state index contributed by atoms with van der Waals surface area (Å²) in [6.07, 6.45) is 4.75. The van der Waals surface area contributed by atoms with Crippen molar-refractivity contribution in [3.05, 3.63) is 60.2 Å². The Morgan fingerprint density at radius 3 is 2.58 bits per heavy atom. The number of hydrogen-bond donors (Lipinski definition) is 0. The molecular formula is C19H22N4O3. The van der Waals surface area contributed by atoms with E-state index in [0.29, 0.717) is 39.4 Å². The van der Waals surface area contributed by atoms with Crippen LogP contribution in [0.2, 0.25) is 0 Å². The van der Waals surface area contributed by atoms with Gasteiger partial charge in [-0.3, -0.25) is 14.6 Å². The number of carbonyl (C=O) groups excluding carboxylic acids is 2. The van der Waals surface area contributed by atoms with Gasteiger partial charge in [0.15, 0.2) is 0 Å². The van der Waals surface area contributed by atoms with Crippen LogP contribution in [0.4, 0.5) is 0 Å². The molecule has 0 aliphatic carbocycles. The van der Waals surface area contributed by atoms with Crippen molar-refractivity contribution >= 4 is 11.8 Å². The molecule has 0 saturated carbocycles. The Kier molecular flexibility index (Phi) is 6.27. The largest absolute Gasteiger partial charge is 0.378 e. The van der Waals surface area contributed by atoms with E-state index >= 15 is 0 Å². The van der Waals surface area contributed by atoms with Crippen LogP contribution >= 0.6 is 0 Å². The van der Waals surface area contributed by atoms with Gasteiger partial charge >= 0.3 is 0 Å². The predicted octanol–water partition coefficient (Wildman–Crippen LogP) is 1.37. The molecule has 3 rings (SSSR count). The summed E-state index contributed by atoms with van der Waals surface area (Å²) in [6, 6.07) is 9.71. The average molecular weight is 354 g/mol. The number of rotatable bonds is 6. The van der Waals surface area contributed by atoms with Gasteiger partial charge in [-0.25, -0.2) is 4.98 Å². The molecule has 7 nitrogen and oxygen atoms in total. The van der Waals surface area contributed by atoms with Crippen LogP contribution in [0.5, 0.6) is 0 Å². The molecule has 0 radical (unpaired) electrons. The van der Waals surface area contributed by atoms with Gasteiger partial charge in [0, 0.05) is 45.0 Å². The molecule has 2 heterocycles. The average Bonchev–Trinajstić information content (AvgIpc) is 2.72. The van der Waals surface area contributed by atoms with Crippen molar-refractivity contribution in [2.24, 2.45) is 0 Å². The monoisotopic (exact) mass is 354 g/mol. The van der Waals surface area contributed by atoms with Gasteiger partial charge < -0.3 is 14.5 Å². The molecule has 1 fully saturated rings. The normalized spacial score (nSPS) is 14.1. The van der Waals surface area contributed by atoms with E-state index in [1.165, 1.54) is 18.6 Å². The van der Waals surface area contributed by atoms with Gasteiger partial charge in [0.1, 0.15) is 5.69 Å². The minimum atomic E-state index is -0.225. The van der Waals surface area contributed by atoms with Gasteiger partial charge in [-0.05, 0) is 5.56 Å². The van der Waals surface area contributed by atoms with Crippen molar-refractivity contribution in [3.8, 4) is 0 Å². The lowest BCUT2D eigenvalue weighted by Crippen LogP contribution is -2.42. The molecule has 0 spiro atoms. The SMILES string of the molecule is O=C(CCN(Cc1ccccc1)C(=O)c1cnccn1)N1CCOCC1. The van der Waals surface area contributed by atoms with Crippen molar-refractivity contribution in [2.75, 3.05) is 32.8 Å². The van der Waals surface area contributed by atoms with Crippen molar-refractivity contribution in [2.45, 2.75) is 13.0 Å². The molecule has 1 saturated heterocycles. The first-order valence-corrected chi connectivity index (χ1v) is 8.69. The van der Waals surface area contributed by atoms with Crippen LogP contribution in [0.15, 0.2) is 48.9 Å². The molecule has 0 bridgehead atoms. The zero-order chi connectivity index (χ0) is 18.2. The number of carbonyl (C=O) groups is 2. The first kappa shape index (κ1) is 18.0. The smallest absolute Gasteiger partial charge is 0.274 e. The highest BCUT2D eigenvalue weighted by atomic mass is 16.5. The molecular weight excluding hydrogens is 332 g/mol. The van der Waals surface area contributed by atoms with Crippen LogP contribution in [0, 0.1) is 0 Å². The number of amides is 2. The second kappa shape index (κ2) is 9.05. The topological polar surface area (TPSA) is 75.6 Å². The third-order valence-electron chi connectivity index (χ3n) is 4.25. The summed E-state index contributed by atoms with van der Waals surface area (Å²) < 4.78 is 5.28. The molecule has 0 N–H and O–H groups in total. The van der Waals surface area contributed by atoms with Gasteiger partial charge in [-0.15, -0.1) is 0 Å². The van der Waals surface area contributed by atoms with Crippen LogP contribution in [-0.2, 0) is 16.1 Å². The van der Waals surface area contributed by atoms with E-state index in [2.05, 4.69) is 9.97 Å². The van der Waals surface area contributed by atoms with Gasteiger partial charge in [0.25, 0.3) is 5.91 Å². The van der Waals surface area contributed by atoms with E-state index in [1.54, 1.807) is 9.80 Å². The van der Waals surface area contributed by atoms with E-state index in [4.69, 9.17) is 4.74 Å². The summed E-state index contributed by atoms with van der Waals surface area (Å²) in [5.41, 5.74) is 1.28. The molecule has 2 amide bonds. The fourth-order valence-electron chi connectivity index (χ4n) is 2.83. The molecule has 0 atom stereocenters. The lowest BCUT2D eigenvalue weighted by atomic mass is 10.2. The van der Waals surface area contributed by atoms with E-state index in [0.717, 1.165) is 5.56 Å². The predicted molar refractivity (Wildman–Crippen MR) is 95.2 cm³/mol. The summed E-state index contributed by atoms with van der Waals surface area (Å²) in [5.74, 6) is -0.185. The Balaban J connectivity index is 1.68. The van der Waals surface area contributed by atoms with Crippen LogP contribution in [0.3, 0.4) is 0 Å². The van der Waals surface area contributed by atoms with Crippen molar-refractivity contribution in [3.63, 3.8) is 0 Å². The Hall–Kier alpha value is -2.80. The molecule has 1 aromatic carbocycles. The number of nitrogens with zero attached hydrogens (tertiary/aromatic N) is 4. The minimum absolute atomic E-state index is 0.0401. The highest BCUT2D eigenvalue weighted by Crippen LogP contribution is 2.10. The van der Waals surface area contributed by atoms with Crippen LogP contribution in [-0.4, -0.2) is 64.4 Å². The second-order valence-corrected chi connectivity index (χ2v) is 6.05. The molecule has 0 unspecified atom stereocenters. The van der Waals surface area contributed by atoms with Gasteiger partial charge in [-0.1, -0.05) is 30.3 Å². The summed E-state index contributed by atoms with van der Waals surface area (Å²) in [6.45, 7) is 3.11. The molecule has 136 valence electrons. The maximum atomic E-state index is 12.8. The lowest BCUT2D eigenvalue weighted by molar-refractivity contribution is -0.135. The molecule has 7 heteroatoms. The Labute approximate surface area is 152 Å². The van der Waals surface area contributed by atoms with Gasteiger partial charge in [-0.2, -0.15) is 0 Å². The molecule has 1 aromatic heterocycles. The molecule has 1 aliphatic rings. The van der Waals surface area contributed by atoms with E-state index in [1.807, 2.05) is 30.3 Å². The zero-order valence-electron chi connectivity index (χ0n) is 14.6. The number of aromatic nitrogens is 2. The Morgan fingerprint density at radius 2 is 1.88 bits per heavy atom. The van der Waals surface area contributed by atoms with Crippen LogP contribution in [0.1, 0.15) is 22.5 Å². The van der Waals surface area contributed by atoms with E-state index in [9.17, 15) is 9.59 Å². The van der Waals surface area contributed by atoms with Crippen molar-refractivity contribution in [1.82, 2.24) is 19.8 Å². The zero-order valence-corrected chi connectivity index (χ0v) is 14.6. The van der Waals surface area contributed by atoms with Crippen molar-refractivity contribution in [1.29, 1.82) is 0 Å². The fraction of sp³-hybridized carbons (Fsp3) is 0.368. The number of morpholine rings is 1. The third-order valence-corrected chi connectivity index (χ3v) is 4.25. The number of ether oxygens (including phenoxy) is 1. The van der Waals surface area contributed by atoms with E-state index < -0.39 is 0 Å². The maximum absolute atomic E-state index is 12.8. The van der Waals surface area contributed by atoms with Gasteiger partial charge in [0.2, 0.25) is 5.91 Å². The third kappa shape index (κ3) is 4.86. The minimum Gasteiger partial charge on any atom is -0.378 e. The standard InChI is InChI=1S/C19H22N4O3/c24-18(22-10-12-26-13-11-22)6-9-23(15-16-4-2-1-3-5-16)19(25)17-14-20-7-8-21-17/h1-5,7-8,14H,6,9-13,15H2. The molecule has 1 aliphatic heterocycles. The molecule has 26 heavy (non-hydrogen) atoms. The number of benzene rings is 1. The van der Waals surface area contributed by atoms with Gasteiger partial charge in [0.05, 0.1) is 19.4 Å². The highest BCUT2D eigenvalue weighted by molar-refractivity contribution is 5.92. The summed E-state index contributed by atoms with van der Waals surface area (Å²) >= 11 is 0. The Morgan fingerprint density at radius 1 is 1.12 bits per heavy atom. The highest BCUT2D eigenvalue weighted by Gasteiger charge is 2.21. The summed E-state index contributed by atoms with van der Waals surface area (Å²) in [5, 5.41) is 0. The summed E-state index contributed by atoms with van der Waals surface area (Å²) in [7, 11) is 0. The van der Waals surface area contributed by atoms with Crippen LogP contribution in [0.25, 0.3) is 0 Å².